The van der Waals surface area contributed by atoms with Crippen LogP contribution in [-0.2, 0) is 26.2 Å². The molecule has 0 bridgehead atoms. The molecule has 1 N–H and O–H groups in total. The number of hydrogen-bond donors (Lipinski definition) is 1. The molecule has 41 heavy (non-hydrogen) atoms. The van der Waals surface area contributed by atoms with Gasteiger partial charge in [0.2, 0.25) is 11.8 Å². The number of nitrogens with zero attached hydrogens (tertiary/aromatic N) is 2. The predicted octanol–water partition coefficient (Wildman–Crippen LogP) is 6.45. The molecule has 0 spiro atoms. The molecule has 0 saturated heterocycles. The first-order valence-corrected chi connectivity index (χ1v) is 15.8. The van der Waals surface area contributed by atoms with E-state index in [1.165, 1.54) is 17.0 Å². The van der Waals surface area contributed by atoms with Gasteiger partial charge in [-0.05, 0) is 80.6 Å². The first-order valence-electron chi connectivity index (χ1n) is 13.6. The number of halogens is 2. The number of carbonyl (C=O) groups excluding carboxylic acids is 2. The van der Waals surface area contributed by atoms with E-state index in [1.54, 1.807) is 43.3 Å². The van der Waals surface area contributed by atoms with E-state index in [2.05, 4.69) is 5.32 Å². The smallest absolute Gasteiger partial charge is 0.264 e. The lowest BCUT2D eigenvalue weighted by Crippen LogP contribution is -2.52. The van der Waals surface area contributed by atoms with E-state index >= 15 is 0 Å². The van der Waals surface area contributed by atoms with Crippen molar-refractivity contribution in [2.24, 2.45) is 0 Å². The lowest BCUT2D eigenvalue weighted by atomic mass is 10.1. The van der Waals surface area contributed by atoms with Gasteiger partial charge in [-0.15, -0.1) is 0 Å². The first kappa shape index (κ1) is 32.4. The van der Waals surface area contributed by atoms with E-state index < -0.39 is 28.5 Å². The minimum Gasteiger partial charge on any atom is -0.354 e. The number of carbonyl (C=O) groups is 2. The minimum atomic E-state index is -4.15. The maximum Gasteiger partial charge on any atom is 0.264 e. The van der Waals surface area contributed by atoms with Gasteiger partial charge in [-0.1, -0.05) is 72.9 Å². The van der Waals surface area contributed by atoms with Gasteiger partial charge in [0.15, 0.2) is 0 Å². The number of nitrogens with one attached hydrogen (secondary N) is 1. The van der Waals surface area contributed by atoms with Crippen molar-refractivity contribution in [1.29, 1.82) is 0 Å². The number of rotatable bonds is 12. The van der Waals surface area contributed by atoms with Crippen molar-refractivity contribution >= 4 is 50.7 Å². The highest BCUT2D eigenvalue weighted by molar-refractivity contribution is 7.92. The van der Waals surface area contributed by atoms with Gasteiger partial charge in [-0.25, -0.2) is 8.42 Å². The molecule has 0 aromatic heterocycles. The van der Waals surface area contributed by atoms with Crippen molar-refractivity contribution in [3.05, 3.63) is 93.0 Å². The minimum absolute atomic E-state index is 0.00188. The van der Waals surface area contributed by atoms with Crippen LogP contribution in [0.3, 0.4) is 0 Å². The summed E-state index contributed by atoms with van der Waals surface area (Å²) in [4.78, 5) is 28.9. The Bertz CT molecular complexity index is 1490. The van der Waals surface area contributed by atoms with Crippen LogP contribution in [-0.4, -0.2) is 44.3 Å². The van der Waals surface area contributed by atoms with Crippen LogP contribution < -0.4 is 9.62 Å². The average molecular weight is 619 g/mol. The van der Waals surface area contributed by atoms with Gasteiger partial charge in [0.25, 0.3) is 10.0 Å². The Hall–Kier alpha value is -3.07. The molecule has 0 unspecified atom stereocenters. The molecule has 220 valence electrons. The summed E-state index contributed by atoms with van der Waals surface area (Å²) in [6.07, 6.45) is 1.05. The van der Waals surface area contributed by atoms with Crippen LogP contribution in [0.25, 0.3) is 0 Å². The topological polar surface area (TPSA) is 86.8 Å². The second-order valence-corrected chi connectivity index (χ2v) is 12.8. The van der Waals surface area contributed by atoms with Crippen molar-refractivity contribution in [1.82, 2.24) is 10.2 Å². The van der Waals surface area contributed by atoms with Crippen LogP contribution in [0.4, 0.5) is 5.69 Å². The zero-order valence-corrected chi connectivity index (χ0v) is 26.4. The van der Waals surface area contributed by atoms with Gasteiger partial charge in [0.05, 0.1) is 10.6 Å². The Morgan fingerprint density at radius 3 is 2.17 bits per heavy atom. The molecular weight excluding hydrogens is 581 g/mol. The Labute approximate surface area is 253 Å². The van der Waals surface area contributed by atoms with Crippen molar-refractivity contribution in [3.63, 3.8) is 0 Å². The summed E-state index contributed by atoms with van der Waals surface area (Å²) in [5.41, 5.74) is 3.43. The summed E-state index contributed by atoms with van der Waals surface area (Å²) in [6.45, 7) is 9.23. The fourth-order valence-corrected chi connectivity index (χ4v) is 6.40. The summed E-state index contributed by atoms with van der Waals surface area (Å²) in [5, 5.41) is 3.66. The highest BCUT2D eigenvalue weighted by Gasteiger charge is 2.34. The fourth-order valence-electron chi connectivity index (χ4n) is 4.46. The molecule has 3 aromatic carbocycles. The van der Waals surface area contributed by atoms with E-state index in [-0.39, 0.29) is 17.3 Å². The number of anilines is 1. The molecule has 0 saturated carbocycles. The molecule has 0 heterocycles. The largest absolute Gasteiger partial charge is 0.354 e. The third-order valence-electron chi connectivity index (χ3n) is 6.81. The molecule has 0 aliphatic rings. The van der Waals surface area contributed by atoms with Crippen LogP contribution >= 0.6 is 23.2 Å². The third kappa shape index (κ3) is 8.03. The standard InChI is InChI=1S/C31H37Cl2N3O4S/c1-6-16-34-31(38)28(7-2)35(19-24-12-13-25(32)18-27(24)33)30(37)20-36(29-17-22(4)8-11-23(29)5)41(39,40)26-14-9-21(3)10-15-26/h8-15,17-18,28H,6-7,16,19-20H2,1-5H3,(H,34,38)/t28-/m1/s1. The summed E-state index contributed by atoms with van der Waals surface area (Å²) >= 11 is 12.6. The van der Waals surface area contributed by atoms with Crippen LogP contribution in [0.5, 0.6) is 0 Å². The lowest BCUT2D eigenvalue weighted by Gasteiger charge is -2.34. The summed E-state index contributed by atoms with van der Waals surface area (Å²) in [7, 11) is -4.15. The van der Waals surface area contributed by atoms with Gasteiger partial charge in [0.1, 0.15) is 12.6 Å². The Balaban J connectivity index is 2.11. The molecule has 0 radical (unpaired) electrons. The maximum atomic E-state index is 14.2. The number of benzene rings is 3. The zero-order chi connectivity index (χ0) is 30.3. The molecule has 3 rings (SSSR count). The van der Waals surface area contributed by atoms with Crippen molar-refractivity contribution < 1.29 is 18.0 Å². The predicted molar refractivity (Wildman–Crippen MR) is 166 cm³/mol. The molecule has 1 atom stereocenters. The van der Waals surface area contributed by atoms with E-state index in [4.69, 9.17) is 23.2 Å². The zero-order valence-electron chi connectivity index (χ0n) is 24.1. The first-order chi connectivity index (χ1) is 19.4. The normalized spacial score (nSPS) is 12.1. The highest BCUT2D eigenvalue weighted by Crippen LogP contribution is 2.29. The lowest BCUT2D eigenvalue weighted by molar-refractivity contribution is -0.140. The van der Waals surface area contributed by atoms with Crippen LogP contribution in [0.15, 0.2) is 65.6 Å². The maximum absolute atomic E-state index is 14.2. The van der Waals surface area contributed by atoms with Crippen molar-refractivity contribution in [2.75, 3.05) is 17.4 Å². The van der Waals surface area contributed by atoms with E-state index in [0.717, 1.165) is 21.9 Å². The average Bonchev–Trinajstić information content (AvgIpc) is 2.93. The molecular formula is C31H37Cl2N3O4S. The molecule has 2 amide bonds. The van der Waals surface area contributed by atoms with Gasteiger partial charge in [-0.2, -0.15) is 0 Å². The highest BCUT2D eigenvalue weighted by atomic mass is 35.5. The second kappa shape index (κ2) is 14.2. The molecule has 3 aromatic rings. The molecule has 10 heteroatoms. The van der Waals surface area contributed by atoms with Crippen LogP contribution in [0, 0.1) is 20.8 Å². The molecule has 0 fully saturated rings. The Kier molecular flexibility index (Phi) is 11.2. The summed E-state index contributed by atoms with van der Waals surface area (Å²) in [6, 6.07) is 16.1. The molecule has 7 nitrogen and oxygen atoms in total. The fraction of sp³-hybridized carbons (Fsp3) is 0.355. The van der Waals surface area contributed by atoms with E-state index in [0.29, 0.717) is 39.8 Å². The Morgan fingerprint density at radius 2 is 1.56 bits per heavy atom. The van der Waals surface area contributed by atoms with Gasteiger partial charge in [-0.3, -0.25) is 13.9 Å². The quantitative estimate of drug-likeness (QED) is 0.253. The van der Waals surface area contributed by atoms with E-state index in [9.17, 15) is 18.0 Å². The van der Waals surface area contributed by atoms with Crippen molar-refractivity contribution in [2.45, 2.75) is 64.9 Å². The monoisotopic (exact) mass is 617 g/mol. The number of sulfonamides is 1. The second-order valence-electron chi connectivity index (χ2n) is 10.1. The third-order valence-corrected chi connectivity index (χ3v) is 9.17. The number of hydrogen-bond acceptors (Lipinski definition) is 4. The van der Waals surface area contributed by atoms with Gasteiger partial charge in [0, 0.05) is 23.1 Å². The van der Waals surface area contributed by atoms with Crippen LogP contribution in [0.2, 0.25) is 10.0 Å². The van der Waals surface area contributed by atoms with Crippen LogP contribution in [0.1, 0.15) is 48.9 Å². The number of aryl methyl sites for hydroxylation is 3. The van der Waals surface area contributed by atoms with E-state index in [1.807, 2.05) is 39.8 Å². The van der Waals surface area contributed by atoms with Gasteiger partial charge < -0.3 is 10.2 Å². The van der Waals surface area contributed by atoms with Gasteiger partial charge >= 0.3 is 0 Å². The number of amides is 2. The Morgan fingerprint density at radius 1 is 0.902 bits per heavy atom. The summed E-state index contributed by atoms with van der Waals surface area (Å²) < 4.78 is 29.3. The SMILES string of the molecule is CCCNC(=O)[C@@H](CC)N(Cc1ccc(Cl)cc1Cl)C(=O)CN(c1cc(C)ccc1C)S(=O)(=O)c1ccc(C)cc1. The summed E-state index contributed by atoms with van der Waals surface area (Å²) in [5.74, 6) is -0.849. The van der Waals surface area contributed by atoms with Crippen molar-refractivity contribution in [3.8, 4) is 0 Å². The molecule has 0 aliphatic heterocycles. The molecule has 0 aliphatic carbocycles.